The normalized spacial score (nSPS) is 15.9. The van der Waals surface area contributed by atoms with Gasteiger partial charge in [0.05, 0.1) is 11.5 Å². The largest absolute Gasteiger partial charge is 0.416 e. The highest BCUT2D eigenvalue weighted by molar-refractivity contribution is 7.86. The molecule has 1 rings (SSSR count). The van der Waals surface area contributed by atoms with Gasteiger partial charge in [-0.3, -0.25) is 4.18 Å². The van der Waals surface area contributed by atoms with Crippen molar-refractivity contribution in [1.29, 1.82) is 0 Å². The van der Waals surface area contributed by atoms with Gasteiger partial charge in [0, 0.05) is 6.42 Å². The van der Waals surface area contributed by atoms with Crippen molar-refractivity contribution < 1.29 is 30.9 Å². The lowest BCUT2D eigenvalue weighted by molar-refractivity contribution is -0.256. The van der Waals surface area contributed by atoms with Crippen LogP contribution in [0.25, 0.3) is 0 Å². The SMILES string of the molecule is Cc1ccc(S(=O)(=O)OCCC(C)(O)C(F)(F)F)cc1. The van der Waals surface area contributed by atoms with Gasteiger partial charge < -0.3 is 5.11 Å². The Kier molecular flexibility index (Phi) is 4.83. The molecule has 0 bridgehead atoms. The van der Waals surface area contributed by atoms with Crippen LogP contribution >= 0.6 is 0 Å². The third-order valence-corrected chi connectivity index (χ3v) is 4.07. The monoisotopic (exact) mass is 312 g/mol. The first-order valence-corrected chi connectivity index (χ1v) is 7.12. The van der Waals surface area contributed by atoms with Crippen molar-refractivity contribution in [3.8, 4) is 0 Å². The molecular formula is C12H15F3O4S. The van der Waals surface area contributed by atoms with Crippen LogP contribution in [0.1, 0.15) is 18.9 Å². The number of rotatable bonds is 5. The number of aryl methyl sites for hydroxylation is 1. The number of halogens is 3. The van der Waals surface area contributed by atoms with E-state index in [-0.39, 0.29) is 4.90 Å². The van der Waals surface area contributed by atoms with Crippen LogP contribution in [0.4, 0.5) is 13.2 Å². The lowest BCUT2D eigenvalue weighted by Crippen LogP contribution is -2.43. The first-order chi connectivity index (χ1) is 8.96. The van der Waals surface area contributed by atoms with Gasteiger partial charge in [-0.1, -0.05) is 17.7 Å². The molecule has 20 heavy (non-hydrogen) atoms. The minimum Gasteiger partial charge on any atom is -0.381 e. The van der Waals surface area contributed by atoms with Gasteiger partial charge in [0.25, 0.3) is 10.1 Å². The molecule has 1 N–H and O–H groups in total. The average Bonchev–Trinajstić information content (AvgIpc) is 2.27. The fourth-order valence-corrected chi connectivity index (χ4v) is 2.17. The number of hydrogen-bond donors (Lipinski definition) is 1. The van der Waals surface area contributed by atoms with Gasteiger partial charge in [0.2, 0.25) is 0 Å². The zero-order valence-corrected chi connectivity index (χ0v) is 11.8. The van der Waals surface area contributed by atoms with E-state index in [1.54, 1.807) is 19.1 Å². The number of benzene rings is 1. The Balaban J connectivity index is 2.68. The lowest BCUT2D eigenvalue weighted by atomic mass is 10.0. The van der Waals surface area contributed by atoms with Gasteiger partial charge in [-0.25, -0.2) is 0 Å². The summed E-state index contributed by atoms with van der Waals surface area (Å²) in [6.45, 7) is 1.56. The van der Waals surface area contributed by atoms with Gasteiger partial charge in [-0.05, 0) is 26.0 Å². The van der Waals surface area contributed by atoms with Gasteiger partial charge >= 0.3 is 6.18 Å². The lowest BCUT2D eigenvalue weighted by Gasteiger charge is -2.25. The fraction of sp³-hybridized carbons (Fsp3) is 0.500. The zero-order chi connectivity index (χ0) is 15.6. The Morgan fingerprint density at radius 2 is 1.70 bits per heavy atom. The van der Waals surface area contributed by atoms with Crippen LogP contribution in [0.5, 0.6) is 0 Å². The number of aliphatic hydroxyl groups is 1. The summed E-state index contributed by atoms with van der Waals surface area (Å²) in [4.78, 5) is -0.144. The molecule has 1 unspecified atom stereocenters. The smallest absolute Gasteiger partial charge is 0.381 e. The molecule has 0 aliphatic carbocycles. The molecule has 0 amide bonds. The Hall–Kier alpha value is -1.12. The molecule has 0 aliphatic heterocycles. The molecule has 0 radical (unpaired) electrons. The molecule has 0 fully saturated rings. The third kappa shape index (κ3) is 4.19. The summed E-state index contributed by atoms with van der Waals surface area (Å²) in [6.07, 6.45) is -5.72. The van der Waals surface area contributed by atoms with Crippen LogP contribution in [0, 0.1) is 6.92 Å². The molecule has 4 nitrogen and oxygen atoms in total. The Morgan fingerprint density at radius 1 is 1.20 bits per heavy atom. The maximum Gasteiger partial charge on any atom is 0.416 e. The van der Waals surface area contributed by atoms with Gasteiger partial charge in [0.1, 0.15) is 0 Å². The Morgan fingerprint density at radius 3 is 2.15 bits per heavy atom. The van der Waals surface area contributed by atoms with Gasteiger partial charge in [-0.2, -0.15) is 21.6 Å². The molecule has 0 saturated carbocycles. The van der Waals surface area contributed by atoms with Crippen molar-refractivity contribution >= 4 is 10.1 Å². The van der Waals surface area contributed by atoms with E-state index in [1.165, 1.54) is 12.1 Å². The molecule has 0 saturated heterocycles. The quantitative estimate of drug-likeness (QED) is 0.848. The van der Waals surface area contributed by atoms with E-state index in [0.29, 0.717) is 6.92 Å². The molecule has 114 valence electrons. The summed E-state index contributed by atoms with van der Waals surface area (Å²) >= 11 is 0. The standard InChI is InChI=1S/C12H15F3O4S/c1-9-3-5-10(6-4-9)20(17,18)19-8-7-11(2,16)12(13,14)15/h3-6,16H,7-8H2,1-2H3. The molecule has 0 aromatic heterocycles. The van der Waals surface area contributed by atoms with Crippen molar-refractivity contribution in [1.82, 2.24) is 0 Å². The second-order valence-electron chi connectivity index (χ2n) is 4.61. The number of hydrogen-bond acceptors (Lipinski definition) is 4. The summed E-state index contributed by atoms with van der Waals surface area (Å²) in [6, 6.07) is 5.68. The topological polar surface area (TPSA) is 63.6 Å². The van der Waals surface area contributed by atoms with Crippen molar-refractivity contribution in [2.45, 2.75) is 36.9 Å². The van der Waals surface area contributed by atoms with Crippen molar-refractivity contribution in [2.75, 3.05) is 6.61 Å². The summed E-state index contributed by atoms with van der Waals surface area (Å²) in [7, 11) is -4.12. The Labute approximate surface area is 115 Å². The molecular weight excluding hydrogens is 297 g/mol. The maximum atomic E-state index is 12.4. The van der Waals surface area contributed by atoms with E-state index < -0.39 is 34.9 Å². The predicted octanol–water partition coefficient (Wildman–Crippen LogP) is 2.40. The predicted molar refractivity (Wildman–Crippen MR) is 65.6 cm³/mol. The summed E-state index contributed by atoms with van der Waals surface area (Å²) in [5, 5.41) is 9.15. The summed E-state index contributed by atoms with van der Waals surface area (Å²) in [5.74, 6) is 0. The van der Waals surface area contributed by atoms with Crippen LogP contribution in [0.3, 0.4) is 0 Å². The first-order valence-electron chi connectivity index (χ1n) is 5.71. The molecule has 0 heterocycles. The van der Waals surface area contributed by atoms with E-state index in [9.17, 15) is 21.6 Å². The highest BCUT2D eigenvalue weighted by atomic mass is 32.2. The second kappa shape index (κ2) is 5.71. The number of alkyl halides is 3. The highest BCUT2D eigenvalue weighted by Gasteiger charge is 2.49. The molecule has 8 heteroatoms. The van der Waals surface area contributed by atoms with E-state index >= 15 is 0 Å². The van der Waals surface area contributed by atoms with Gasteiger partial charge in [-0.15, -0.1) is 0 Å². The molecule has 0 spiro atoms. The zero-order valence-electron chi connectivity index (χ0n) is 10.9. The van der Waals surface area contributed by atoms with E-state index in [0.717, 1.165) is 5.56 Å². The van der Waals surface area contributed by atoms with Crippen LogP contribution in [0.15, 0.2) is 29.2 Å². The van der Waals surface area contributed by atoms with Crippen molar-refractivity contribution in [2.24, 2.45) is 0 Å². The average molecular weight is 312 g/mol. The molecule has 1 aromatic rings. The minimum atomic E-state index is -4.84. The van der Waals surface area contributed by atoms with Crippen LogP contribution in [-0.2, 0) is 14.3 Å². The first kappa shape index (κ1) is 16.9. The molecule has 1 atom stereocenters. The summed E-state index contributed by atoms with van der Waals surface area (Å²) < 4.78 is 65.0. The minimum absolute atomic E-state index is 0.144. The Bertz CT molecular complexity index is 547. The van der Waals surface area contributed by atoms with E-state index in [4.69, 9.17) is 5.11 Å². The van der Waals surface area contributed by atoms with Crippen molar-refractivity contribution in [3.63, 3.8) is 0 Å². The van der Waals surface area contributed by atoms with Crippen molar-refractivity contribution in [3.05, 3.63) is 29.8 Å². The van der Waals surface area contributed by atoms with Crippen LogP contribution in [-0.4, -0.2) is 31.9 Å². The third-order valence-electron chi connectivity index (χ3n) is 2.75. The van der Waals surface area contributed by atoms with Crippen LogP contribution < -0.4 is 0 Å². The second-order valence-corrected chi connectivity index (χ2v) is 6.23. The summed E-state index contributed by atoms with van der Waals surface area (Å²) in [5.41, 5.74) is -2.15. The van der Waals surface area contributed by atoms with E-state index in [2.05, 4.69) is 4.18 Å². The molecule has 1 aromatic carbocycles. The maximum absolute atomic E-state index is 12.4. The fourth-order valence-electron chi connectivity index (χ4n) is 1.26. The molecule has 0 aliphatic rings. The highest BCUT2D eigenvalue weighted by Crippen LogP contribution is 2.32. The van der Waals surface area contributed by atoms with Gasteiger partial charge in [0.15, 0.2) is 5.60 Å². The van der Waals surface area contributed by atoms with E-state index in [1.807, 2.05) is 0 Å². The van der Waals surface area contributed by atoms with Crippen LogP contribution in [0.2, 0.25) is 0 Å².